The second kappa shape index (κ2) is 6.00. The third kappa shape index (κ3) is 3.17. The number of piperidine rings is 1. The quantitative estimate of drug-likeness (QED) is 0.794. The van der Waals surface area contributed by atoms with Crippen molar-refractivity contribution in [2.75, 3.05) is 13.1 Å². The van der Waals surface area contributed by atoms with E-state index in [1.54, 1.807) is 0 Å². The fourth-order valence-corrected chi connectivity index (χ4v) is 3.45. The molecule has 118 valence electrons. The molecule has 0 atom stereocenters. The summed E-state index contributed by atoms with van der Waals surface area (Å²) in [6, 6.07) is 8.89. The summed E-state index contributed by atoms with van der Waals surface area (Å²) < 4.78 is 0. The van der Waals surface area contributed by atoms with Gasteiger partial charge in [-0.2, -0.15) is 0 Å². The molecule has 0 spiro atoms. The number of hydrogen-bond donors (Lipinski definition) is 0. The Morgan fingerprint density at radius 1 is 1.09 bits per heavy atom. The normalized spacial score (nSPS) is 19.0. The molecule has 0 amide bonds. The molecular formula is C20H28N2. The van der Waals surface area contributed by atoms with E-state index in [9.17, 15) is 0 Å². The molecule has 1 saturated heterocycles. The Hall–Kier alpha value is -1.41. The van der Waals surface area contributed by atoms with Gasteiger partial charge in [0.05, 0.1) is 5.69 Å². The van der Waals surface area contributed by atoms with Gasteiger partial charge in [0.1, 0.15) is 0 Å². The summed E-state index contributed by atoms with van der Waals surface area (Å²) in [4.78, 5) is 7.21. The second-order valence-electron chi connectivity index (χ2n) is 7.80. The fourth-order valence-electron chi connectivity index (χ4n) is 3.45. The summed E-state index contributed by atoms with van der Waals surface area (Å²) in [6.45, 7) is 12.7. The van der Waals surface area contributed by atoms with Gasteiger partial charge in [-0.15, -0.1) is 0 Å². The first-order valence-corrected chi connectivity index (χ1v) is 8.55. The van der Waals surface area contributed by atoms with Crippen LogP contribution in [0.4, 0.5) is 0 Å². The van der Waals surface area contributed by atoms with E-state index in [0.29, 0.717) is 11.3 Å². The van der Waals surface area contributed by atoms with Crippen LogP contribution in [0.5, 0.6) is 0 Å². The topological polar surface area (TPSA) is 16.1 Å². The van der Waals surface area contributed by atoms with E-state index in [2.05, 4.69) is 61.8 Å². The Bertz CT molecular complexity index is 648. The number of aromatic nitrogens is 1. The maximum atomic E-state index is 4.60. The van der Waals surface area contributed by atoms with Crippen LogP contribution in [0.15, 0.2) is 30.5 Å². The highest BCUT2D eigenvalue weighted by atomic mass is 15.1. The first-order chi connectivity index (χ1) is 10.5. The molecule has 1 fully saturated rings. The van der Waals surface area contributed by atoms with Crippen molar-refractivity contribution in [1.29, 1.82) is 0 Å². The van der Waals surface area contributed by atoms with E-state index in [1.807, 2.05) is 6.20 Å². The molecule has 0 radical (unpaired) electrons. The van der Waals surface area contributed by atoms with Gasteiger partial charge in [-0.1, -0.05) is 45.9 Å². The smallest absolute Gasteiger partial charge is 0.0507 e. The lowest BCUT2D eigenvalue weighted by Crippen LogP contribution is -2.36. The zero-order valence-electron chi connectivity index (χ0n) is 14.4. The summed E-state index contributed by atoms with van der Waals surface area (Å²) in [6.07, 6.45) is 4.58. The molecular weight excluding hydrogens is 268 g/mol. The van der Waals surface area contributed by atoms with Crippen molar-refractivity contribution < 1.29 is 0 Å². The van der Waals surface area contributed by atoms with Crippen molar-refractivity contribution >= 4 is 10.8 Å². The van der Waals surface area contributed by atoms with Crippen LogP contribution in [0, 0.1) is 5.41 Å². The van der Waals surface area contributed by atoms with Gasteiger partial charge in [0, 0.05) is 18.1 Å². The number of likely N-dealkylation sites (tertiary alicyclic amines) is 1. The molecule has 1 aromatic heterocycles. The predicted molar refractivity (Wildman–Crippen MR) is 94.1 cm³/mol. The molecule has 2 aromatic rings. The van der Waals surface area contributed by atoms with Gasteiger partial charge in [-0.3, -0.25) is 9.88 Å². The van der Waals surface area contributed by atoms with Gasteiger partial charge in [-0.05, 0) is 54.3 Å². The van der Waals surface area contributed by atoms with E-state index >= 15 is 0 Å². The highest BCUT2D eigenvalue weighted by molar-refractivity contribution is 5.87. The minimum atomic E-state index is 0.467. The minimum absolute atomic E-state index is 0.467. The Morgan fingerprint density at radius 2 is 1.82 bits per heavy atom. The molecule has 0 unspecified atom stereocenters. The van der Waals surface area contributed by atoms with Gasteiger partial charge >= 0.3 is 0 Å². The Labute approximate surface area is 134 Å². The van der Waals surface area contributed by atoms with Gasteiger partial charge < -0.3 is 0 Å². The molecule has 2 heterocycles. The lowest BCUT2D eigenvalue weighted by molar-refractivity contribution is 0.127. The van der Waals surface area contributed by atoms with Crippen LogP contribution >= 0.6 is 0 Å². The van der Waals surface area contributed by atoms with E-state index in [4.69, 9.17) is 0 Å². The van der Waals surface area contributed by atoms with Crippen LogP contribution in [0.2, 0.25) is 0 Å². The van der Waals surface area contributed by atoms with Crippen LogP contribution in [-0.2, 0) is 6.54 Å². The van der Waals surface area contributed by atoms with Gasteiger partial charge in [0.25, 0.3) is 0 Å². The van der Waals surface area contributed by atoms with Crippen molar-refractivity contribution in [3.8, 4) is 0 Å². The molecule has 0 aliphatic carbocycles. The maximum Gasteiger partial charge on any atom is 0.0507 e. The lowest BCUT2D eigenvalue weighted by atomic mass is 9.82. The summed E-state index contributed by atoms with van der Waals surface area (Å²) in [5, 5.41) is 2.71. The average Bonchev–Trinajstić information content (AvgIpc) is 2.49. The number of pyridine rings is 1. The number of nitrogens with zero attached hydrogens (tertiary/aromatic N) is 2. The van der Waals surface area contributed by atoms with E-state index < -0.39 is 0 Å². The molecule has 3 rings (SSSR count). The van der Waals surface area contributed by atoms with Crippen molar-refractivity contribution in [3.05, 3.63) is 41.7 Å². The predicted octanol–water partition coefficient (Wildman–Crippen LogP) is 4.98. The SMILES string of the molecule is CC(C)c1nccc2c(CN3CCC(C)(C)CC3)cccc12. The van der Waals surface area contributed by atoms with E-state index in [1.165, 1.54) is 48.0 Å². The zero-order valence-corrected chi connectivity index (χ0v) is 14.4. The van der Waals surface area contributed by atoms with Gasteiger partial charge in [0.15, 0.2) is 0 Å². The molecule has 22 heavy (non-hydrogen) atoms. The van der Waals surface area contributed by atoms with E-state index in [0.717, 1.165) is 6.54 Å². The Balaban J connectivity index is 1.87. The molecule has 2 heteroatoms. The van der Waals surface area contributed by atoms with Crippen molar-refractivity contribution in [2.45, 2.75) is 53.0 Å². The second-order valence-corrected chi connectivity index (χ2v) is 7.80. The molecule has 0 N–H and O–H groups in total. The average molecular weight is 296 g/mol. The van der Waals surface area contributed by atoms with Crippen LogP contribution in [0.3, 0.4) is 0 Å². The van der Waals surface area contributed by atoms with Crippen molar-refractivity contribution in [2.24, 2.45) is 5.41 Å². The fraction of sp³-hybridized carbons (Fsp3) is 0.550. The van der Waals surface area contributed by atoms with Crippen LogP contribution in [0.1, 0.15) is 57.7 Å². The first kappa shape index (κ1) is 15.5. The minimum Gasteiger partial charge on any atom is -0.299 e. The Morgan fingerprint density at radius 3 is 2.50 bits per heavy atom. The summed E-state index contributed by atoms with van der Waals surface area (Å²) in [5.74, 6) is 0.467. The monoisotopic (exact) mass is 296 g/mol. The number of hydrogen-bond acceptors (Lipinski definition) is 2. The number of fused-ring (bicyclic) bond motifs is 1. The van der Waals surface area contributed by atoms with Crippen LogP contribution in [0.25, 0.3) is 10.8 Å². The largest absolute Gasteiger partial charge is 0.299 e. The molecule has 2 nitrogen and oxygen atoms in total. The Kier molecular flexibility index (Phi) is 4.22. The lowest BCUT2D eigenvalue weighted by Gasteiger charge is -2.37. The highest BCUT2D eigenvalue weighted by Gasteiger charge is 2.25. The molecule has 0 bridgehead atoms. The maximum absolute atomic E-state index is 4.60. The van der Waals surface area contributed by atoms with Crippen molar-refractivity contribution in [3.63, 3.8) is 0 Å². The highest BCUT2D eigenvalue weighted by Crippen LogP contribution is 2.31. The molecule has 1 aromatic carbocycles. The van der Waals surface area contributed by atoms with Gasteiger partial charge in [-0.25, -0.2) is 0 Å². The summed E-state index contributed by atoms with van der Waals surface area (Å²) in [7, 11) is 0. The third-order valence-corrected chi connectivity index (χ3v) is 5.08. The molecule has 1 aliphatic heterocycles. The van der Waals surface area contributed by atoms with Crippen LogP contribution < -0.4 is 0 Å². The number of rotatable bonds is 3. The number of benzene rings is 1. The molecule has 0 saturated carbocycles. The van der Waals surface area contributed by atoms with Gasteiger partial charge in [0.2, 0.25) is 0 Å². The third-order valence-electron chi connectivity index (χ3n) is 5.08. The van der Waals surface area contributed by atoms with E-state index in [-0.39, 0.29) is 0 Å². The first-order valence-electron chi connectivity index (χ1n) is 8.55. The zero-order chi connectivity index (χ0) is 15.7. The van der Waals surface area contributed by atoms with Crippen LogP contribution in [-0.4, -0.2) is 23.0 Å². The summed E-state index contributed by atoms with van der Waals surface area (Å²) in [5.41, 5.74) is 3.19. The standard InChI is InChI=1S/C20H28N2/c1-15(2)19-18-7-5-6-16(17(18)8-11-21-19)14-22-12-9-20(3,4)10-13-22/h5-8,11,15H,9-10,12-14H2,1-4H3. The molecule has 1 aliphatic rings. The summed E-state index contributed by atoms with van der Waals surface area (Å²) >= 11 is 0. The van der Waals surface area contributed by atoms with Crippen molar-refractivity contribution in [1.82, 2.24) is 9.88 Å².